The number of methoxy groups -OCH3 is 1. The van der Waals surface area contributed by atoms with Gasteiger partial charge >= 0.3 is 13.1 Å². The van der Waals surface area contributed by atoms with Crippen molar-refractivity contribution in [3.63, 3.8) is 0 Å². The fourth-order valence-corrected chi connectivity index (χ4v) is 6.98. The zero-order valence-corrected chi connectivity index (χ0v) is 19.7. The molecular weight excluding hydrogens is 433 g/mol. The van der Waals surface area contributed by atoms with Gasteiger partial charge in [0.05, 0.1) is 30.5 Å². The molecule has 0 spiro atoms. The average Bonchev–Trinajstić information content (AvgIpc) is 3.09. The van der Waals surface area contributed by atoms with Crippen molar-refractivity contribution in [3.05, 3.63) is 23.3 Å². The van der Waals surface area contributed by atoms with Crippen molar-refractivity contribution in [2.45, 2.75) is 82.6 Å². The third-order valence-electron chi connectivity index (χ3n) is 8.97. The molecule has 6 nitrogen and oxygen atoms in total. The second kappa shape index (κ2) is 6.22. The molecule has 2 bridgehead atoms. The molecule has 1 saturated heterocycles. The number of alkyl halides is 2. The van der Waals surface area contributed by atoms with Crippen LogP contribution in [0, 0.1) is 17.3 Å². The van der Waals surface area contributed by atoms with Crippen molar-refractivity contribution >= 4 is 13.1 Å². The Morgan fingerprint density at radius 1 is 1.09 bits per heavy atom. The minimum atomic E-state index is -3.05. The molecule has 2 aliphatic heterocycles. The summed E-state index contributed by atoms with van der Waals surface area (Å²) in [5, 5.41) is 0. The molecule has 4 aliphatic carbocycles. The van der Waals surface area contributed by atoms with Crippen LogP contribution in [0.1, 0.15) is 69.3 Å². The first-order valence-electron chi connectivity index (χ1n) is 11.7. The van der Waals surface area contributed by atoms with E-state index >= 15 is 8.78 Å². The summed E-state index contributed by atoms with van der Waals surface area (Å²) in [5.74, 6) is -6.18. The number of carbonyl (C=O) groups excluding carboxylic acids is 1. The van der Waals surface area contributed by atoms with E-state index in [-0.39, 0.29) is 40.1 Å². The maximum absolute atomic E-state index is 15.3. The monoisotopic (exact) mass is 462 g/mol. The normalized spacial score (nSPS) is 40.7. The summed E-state index contributed by atoms with van der Waals surface area (Å²) in [7, 11) is 0.406. The first-order valence-corrected chi connectivity index (χ1v) is 11.7. The molecule has 0 N–H and O–H groups in total. The van der Waals surface area contributed by atoms with Gasteiger partial charge in [-0.25, -0.2) is 13.6 Å². The molecule has 0 radical (unpaired) electrons. The van der Waals surface area contributed by atoms with Crippen LogP contribution in [0.2, 0.25) is 5.82 Å². The maximum Gasteiger partial charge on any atom is 0.468 e. The highest BCUT2D eigenvalue weighted by Crippen LogP contribution is 2.73. The van der Waals surface area contributed by atoms with Crippen LogP contribution in [0.25, 0.3) is 0 Å². The number of ether oxygens (including phenoxy) is 3. The Morgan fingerprint density at radius 2 is 1.82 bits per heavy atom. The summed E-state index contributed by atoms with van der Waals surface area (Å²) in [4.78, 5) is 12.7. The number of halogens is 2. The predicted molar refractivity (Wildman–Crippen MR) is 115 cm³/mol. The summed E-state index contributed by atoms with van der Waals surface area (Å²) in [5.41, 5.74) is -0.146. The lowest BCUT2D eigenvalue weighted by atomic mass is 9.43. The van der Waals surface area contributed by atoms with Gasteiger partial charge in [0.25, 0.3) is 5.92 Å². The topological polar surface area (TPSA) is 63.2 Å². The van der Waals surface area contributed by atoms with E-state index in [0.717, 1.165) is 12.8 Å². The SMILES string of the molecule is COc1ccc(C2C(B3OC4C[C@@H]5C[C@@H](C5(C)C)[C@]4(C)O3)C2(F)F)c2c1C(=O)OC(C)(C)O2. The number of rotatable bonds is 3. The van der Waals surface area contributed by atoms with Crippen LogP contribution in [-0.4, -0.2) is 43.6 Å². The highest BCUT2D eigenvalue weighted by molar-refractivity contribution is 6.49. The van der Waals surface area contributed by atoms with Gasteiger partial charge in [-0.15, -0.1) is 0 Å². The number of hydrogen-bond donors (Lipinski definition) is 0. The molecule has 3 unspecified atom stereocenters. The van der Waals surface area contributed by atoms with Gasteiger partial charge in [-0.05, 0) is 43.1 Å². The van der Waals surface area contributed by atoms with Crippen LogP contribution >= 0.6 is 0 Å². The van der Waals surface area contributed by atoms with Gasteiger partial charge in [0.15, 0.2) is 0 Å². The Morgan fingerprint density at radius 3 is 2.48 bits per heavy atom. The fraction of sp³-hybridized carbons (Fsp3) is 0.708. The summed E-state index contributed by atoms with van der Waals surface area (Å²) in [6.45, 7) is 9.64. The minimum Gasteiger partial charge on any atom is -0.496 e. The molecule has 178 valence electrons. The molecule has 33 heavy (non-hydrogen) atoms. The lowest BCUT2D eigenvalue weighted by Gasteiger charge is -2.64. The standard InChI is InChI=1S/C24H29BF2O6/c1-21(2)11-9-14(21)23(5)15(10-11)32-25(33-23)19-17(24(19,26)27)12-7-8-13(29-6)16-18(12)30-22(3,4)31-20(16)28/h7-8,11,14-15,17,19H,9-10H2,1-6H3/t11-,14-,15?,17?,19?,23-/m0/s1. The third-order valence-corrected chi connectivity index (χ3v) is 8.97. The lowest BCUT2D eigenvalue weighted by molar-refractivity contribution is -0.199. The predicted octanol–water partition coefficient (Wildman–Crippen LogP) is 4.81. The van der Waals surface area contributed by atoms with Gasteiger partial charge in [0, 0.05) is 19.4 Å². The average molecular weight is 462 g/mol. The molecule has 2 heterocycles. The molecule has 9 heteroatoms. The molecule has 5 fully saturated rings. The summed E-state index contributed by atoms with van der Waals surface area (Å²) in [6.07, 6.45) is 1.71. The Labute approximate surface area is 192 Å². The Balaban J connectivity index is 1.34. The molecule has 1 aromatic carbocycles. The Kier molecular flexibility index (Phi) is 4.08. The van der Waals surface area contributed by atoms with Crippen LogP contribution in [0.3, 0.4) is 0 Å². The quantitative estimate of drug-likeness (QED) is 0.475. The second-order valence-electron chi connectivity index (χ2n) is 11.5. The van der Waals surface area contributed by atoms with Gasteiger partial charge in [0.1, 0.15) is 17.1 Å². The van der Waals surface area contributed by atoms with Crippen molar-refractivity contribution in [3.8, 4) is 11.5 Å². The maximum atomic E-state index is 15.3. The Hall–Kier alpha value is -1.87. The summed E-state index contributed by atoms with van der Waals surface area (Å²) < 4.78 is 59.7. The van der Waals surface area contributed by atoms with E-state index in [9.17, 15) is 4.79 Å². The molecule has 0 aromatic heterocycles. The second-order valence-corrected chi connectivity index (χ2v) is 11.5. The molecule has 0 amide bonds. The molecule has 1 aromatic rings. The number of fused-ring (bicyclic) bond motifs is 1. The smallest absolute Gasteiger partial charge is 0.468 e. The van der Waals surface area contributed by atoms with Crippen LogP contribution in [0.15, 0.2) is 12.1 Å². The molecule has 7 rings (SSSR count). The lowest BCUT2D eigenvalue weighted by Crippen LogP contribution is -2.65. The molecular formula is C24H29BF2O6. The fourth-order valence-electron chi connectivity index (χ4n) is 6.98. The first-order chi connectivity index (χ1) is 15.3. The number of benzene rings is 1. The van der Waals surface area contributed by atoms with Crippen LogP contribution < -0.4 is 9.47 Å². The van der Waals surface area contributed by atoms with Crippen molar-refractivity contribution in [2.24, 2.45) is 17.3 Å². The van der Waals surface area contributed by atoms with E-state index in [0.29, 0.717) is 5.92 Å². The van der Waals surface area contributed by atoms with E-state index in [1.807, 2.05) is 6.92 Å². The van der Waals surface area contributed by atoms with Gasteiger partial charge in [-0.2, -0.15) is 0 Å². The van der Waals surface area contributed by atoms with Gasteiger partial charge < -0.3 is 23.5 Å². The van der Waals surface area contributed by atoms with Crippen molar-refractivity contribution < 1.29 is 37.1 Å². The third kappa shape index (κ3) is 2.69. The van der Waals surface area contributed by atoms with E-state index in [2.05, 4.69) is 13.8 Å². The molecule has 6 atom stereocenters. The Bertz CT molecular complexity index is 1060. The van der Waals surface area contributed by atoms with Crippen molar-refractivity contribution in [1.29, 1.82) is 0 Å². The zero-order chi connectivity index (χ0) is 23.7. The van der Waals surface area contributed by atoms with Crippen LogP contribution in [0.4, 0.5) is 8.78 Å². The van der Waals surface area contributed by atoms with Gasteiger partial charge in [0.2, 0.25) is 5.79 Å². The van der Waals surface area contributed by atoms with E-state index in [4.69, 9.17) is 23.5 Å². The number of cyclic esters (lactones) is 1. The van der Waals surface area contributed by atoms with E-state index in [1.54, 1.807) is 19.9 Å². The number of hydrogen-bond acceptors (Lipinski definition) is 6. The highest BCUT2D eigenvalue weighted by atomic mass is 19.3. The summed E-state index contributed by atoms with van der Waals surface area (Å²) in [6, 6.07) is 3.06. The van der Waals surface area contributed by atoms with Crippen molar-refractivity contribution in [1.82, 2.24) is 0 Å². The zero-order valence-electron chi connectivity index (χ0n) is 19.7. The molecule has 4 saturated carbocycles. The van der Waals surface area contributed by atoms with E-state index in [1.165, 1.54) is 13.2 Å². The highest BCUT2D eigenvalue weighted by Gasteiger charge is 2.79. The van der Waals surface area contributed by atoms with E-state index < -0.39 is 42.1 Å². The summed E-state index contributed by atoms with van der Waals surface area (Å²) >= 11 is 0. The largest absolute Gasteiger partial charge is 0.496 e. The number of carbonyl (C=O) groups is 1. The van der Waals surface area contributed by atoms with Crippen LogP contribution in [0.5, 0.6) is 11.5 Å². The van der Waals surface area contributed by atoms with Gasteiger partial charge in [-0.3, -0.25) is 0 Å². The molecule has 6 aliphatic rings. The van der Waals surface area contributed by atoms with Gasteiger partial charge in [-0.1, -0.05) is 19.9 Å². The van der Waals surface area contributed by atoms with Crippen LogP contribution in [-0.2, 0) is 14.0 Å². The first kappa shape index (κ1) is 21.7. The van der Waals surface area contributed by atoms with Crippen molar-refractivity contribution in [2.75, 3.05) is 7.11 Å². The number of esters is 1. The minimum absolute atomic E-state index is 0.0345.